The van der Waals surface area contributed by atoms with Gasteiger partial charge in [0.25, 0.3) is 5.91 Å². The Morgan fingerprint density at radius 1 is 1.16 bits per heavy atom. The molecule has 0 bridgehead atoms. The molecule has 6 nitrogen and oxygen atoms in total. The lowest BCUT2D eigenvalue weighted by molar-refractivity contribution is -0.137. The highest BCUT2D eigenvalue weighted by molar-refractivity contribution is 5.93. The SMILES string of the molecule is COc1ccnc(CNC(=O)c2cc(CN)cc(-c3ccc(F)cc3C(F)(F)F)n2)c1. The van der Waals surface area contributed by atoms with Gasteiger partial charge in [0.1, 0.15) is 17.3 Å². The fourth-order valence-corrected chi connectivity index (χ4v) is 2.87. The summed E-state index contributed by atoms with van der Waals surface area (Å²) in [5.41, 5.74) is 4.74. The molecule has 0 spiro atoms. The molecule has 0 aliphatic carbocycles. The Kier molecular flexibility index (Phi) is 6.50. The molecule has 2 heterocycles. The van der Waals surface area contributed by atoms with Crippen LogP contribution in [0.5, 0.6) is 5.75 Å². The third-order valence-electron chi connectivity index (χ3n) is 4.37. The Morgan fingerprint density at radius 3 is 2.61 bits per heavy atom. The zero-order valence-electron chi connectivity index (χ0n) is 16.3. The van der Waals surface area contributed by atoms with Gasteiger partial charge in [-0.05, 0) is 42.0 Å². The number of carbonyl (C=O) groups is 1. The summed E-state index contributed by atoms with van der Waals surface area (Å²) in [6.45, 7) is 0.0139. The number of amides is 1. The number of hydrogen-bond acceptors (Lipinski definition) is 5. The Morgan fingerprint density at radius 2 is 1.94 bits per heavy atom. The van der Waals surface area contributed by atoms with Crippen LogP contribution in [0, 0.1) is 5.82 Å². The minimum absolute atomic E-state index is 0.0320. The monoisotopic (exact) mass is 434 g/mol. The third kappa shape index (κ3) is 5.34. The summed E-state index contributed by atoms with van der Waals surface area (Å²) in [6.07, 6.45) is -3.29. The molecular formula is C21H18F4N4O2. The first kappa shape index (κ1) is 22.2. The molecule has 0 fully saturated rings. The number of carbonyl (C=O) groups excluding carboxylic acids is 1. The summed E-state index contributed by atoms with van der Waals surface area (Å²) >= 11 is 0. The van der Waals surface area contributed by atoms with Gasteiger partial charge in [-0.1, -0.05) is 0 Å². The number of pyridine rings is 2. The van der Waals surface area contributed by atoms with Gasteiger partial charge in [-0.2, -0.15) is 13.2 Å². The second kappa shape index (κ2) is 9.09. The molecule has 1 amide bonds. The maximum absolute atomic E-state index is 13.4. The van der Waals surface area contributed by atoms with Crippen molar-refractivity contribution in [3.63, 3.8) is 0 Å². The van der Waals surface area contributed by atoms with Crippen molar-refractivity contribution in [3.8, 4) is 17.0 Å². The number of ether oxygens (including phenoxy) is 1. The van der Waals surface area contributed by atoms with Crippen LogP contribution in [-0.2, 0) is 19.3 Å². The van der Waals surface area contributed by atoms with Crippen molar-refractivity contribution < 1.29 is 27.1 Å². The Balaban J connectivity index is 1.93. The van der Waals surface area contributed by atoms with Crippen LogP contribution in [0.25, 0.3) is 11.3 Å². The average molecular weight is 434 g/mol. The molecular weight excluding hydrogens is 416 g/mol. The van der Waals surface area contributed by atoms with Crippen molar-refractivity contribution in [2.45, 2.75) is 19.3 Å². The van der Waals surface area contributed by atoms with E-state index in [1.54, 1.807) is 12.1 Å². The maximum atomic E-state index is 13.4. The molecule has 31 heavy (non-hydrogen) atoms. The van der Waals surface area contributed by atoms with Gasteiger partial charge < -0.3 is 15.8 Å². The molecule has 0 aliphatic rings. The van der Waals surface area contributed by atoms with Crippen molar-refractivity contribution in [2.75, 3.05) is 7.11 Å². The maximum Gasteiger partial charge on any atom is 0.417 e. The number of benzene rings is 1. The van der Waals surface area contributed by atoms with Gasteiger partial charge in [-0.15, -0.1) is 0 Å². The first-order chi connectivity index (χ1) is 14.7. The number of alkyl halides is 3. The summed E-state index contributed by atoms with van der Waals surface area (Å²) in [5.74, 6) is -1.10. The number of hydrogen-bond donors (Lipinski definition) is 2. The molecule has 10 heteroatoms. The summed E-state index contributed by atoms with van der Waals surface area (Å²) in [4.78, 5) is 20.8. The molecule has 0 saturated carbocycles. The van der Waals surface area contributed by atoms with E-state index in [4.69, 9.17) is 10.5 Å². The van der Waals surface area contributed by atoms with Gasteiger partial charge in [0, 0.05) is 24.4 Å². The highest BCUT2D eigenvalue weighted by Gasteiger charge is 2.34. The van der Waals surface area contributed by atoms with E-state index >= 15 is 0 Å². The van der Waals surface area contributed by atoms with E-state index in [2.05, 4.69) is 15.3 Å². The summed E-state index contributed by atoms with van der Waals surface area (Å²) in [6, 6.07) is 8.25. The van der Waals surface area contributed by atoms with Crippen LogP contribution in [0.4, 0.5) is 17.6 Å². The van der Waals surface area contributed by atoms with Crippen molar-refractivity contribution in [2.24, 2.45) is 5.73 Å². The van der Waals surface area contributed by atoms with E-state index in [0.717, 1.165) is 12.1 Å². The van der Waals surface area contributed by atoms with Gasteiger partial charge in [0.15, 0.2) is 0 Å². The Hall–Kier alpha value is -3.53. The van der Waals surface area contributed by atoms with E-state index in [1.165, 1.54) is 25.4 Å². The first-order valence-electron chi connectivity index (χ1n) is 9.06. The normalized spacial score (nSPS) is 11.3. The van der Waals surface area contributed by atoms with Crippen LogP contribution >= 0.6 is 0 Å². The Labute approximate surface area is 175 Å². The van der Waals surface area contributed by atoms with Crippen molar-refractivity contribution in [1.82, 2.24) is 15.3 Å². The van der Waals surface area contributed by atoms with Crippen molar-refractivity contribution in [3.05, 3.63) is 77.0 Å². The number of nitrogens with one attached hydrogen (secondary N) is 1. The van der Waals surface area contributed by atoms with E-state index in [-0.39, 0.29) is 30.0 Å². The zero-order chi connectivity index (χ0) is 22.6. The van der Waals surface area contributed by atoms with Crippen LogP contribution in [0.2, 0.25) is 0 Å². The average Bonchev–Trinajstić information content (AvgIpc) is 2.76. The topological polar surface area (TPSA) is 90.1 Å². The molecule has 0 saturated heterocycles. The largest absolute Gasteiger partial charge is 0.497 e. The predicted octanol–water partition coefficient (Wildman–Crippen LogP) is 3.70. The fraction of sp³-hybridized carbons (Fsp3) is 0.190. The molecule has 3 aromatic rings. The second-order valence-corrected chi connectivity index (χ2v) is 6.51. The van der Waals surface area contributed by atoms with Crippen molar-refractivity contribution >= 4 is 5.91 Å². The number of nitrogens with zero attached hydrogens (tertiary/aromatic N) is 2. The summed E-state index contributed by atoms with van der Waals surface area (Å²) in [5, 5.41) is 2.61. The van der Waals surface area contributed by atoms with Crippen LogP contribution in [-0.4, -0.2) is 23.0 Å². The van der Waals surface area contributed by atoms with E-state index in [9.17, 15) is 22.4 Å². The number of rotatable bonds is 6. The predicted molar refractivity (Wildman–Crippen MR) is 104 cm³/mol. The lowest BCUT2D eigenvalue weighted by atomic mass is 10.0. The molecule has 3 N–H and O–H groups in total. The zero-order valence-corrected chi connectivity index (χ0v) is 16.3. The van der Waals surface area contributed by atoms with Gasteiger partial charge in [-0.3, -0.25) is 9.78 Å². The lowest BCUT2D eigenvalue weighted by Crippen LogP contribution is -2.25. The molecule has 0 aliphatic heterocycles. The number of halogens is 4. The minimum atomic E-state index is -4.81. The quantitative estimate of drug-likeness (QED) is 0.578. The number of nitrogens with two attached hydrogens (primary N) is 1. The number of methoxy groups -OCH3 is 1. The van der Waals surface area contributed by atoms with Gasteiger partial charge >= 0.3 is 6.18 Å². The third-order valence-corrected chi connectivity index (χ3v) is 4.37. The molecule has 2 aromatic heterocycles. The standard InChI is InChI=1S/C21H18F4N4O2/c1-31-15-4-5-27-14(9-15)11-28-20(30)19-7-12(10-26)6-18(29-19)16-3-2-13(22)8-17(16)21(23,24)25/h2-9H,10-11,26H2,1H3,(H,28,30). The van der Waals surface area contributed by atoms with E-state index in [1.807, 2.05) is 0 Å². The molecule has 1 aromatic carbocycles. The molecule has 0 radical (unpaired) electrons. The molecule has 0 unspecified atom stereocenters. The fourth-order valence-electron chi connectivity index (χ4n) is 2.87. The molecule has 162 valence electrons. The van der Waals surface area contributed by atoms with Gasteiger partial charge in [0.2, 0.25) is 0 Å². The molecule has 0 atom stereocenters. The highest BCUT2D eigenvalue weighted by Crippen LogP contribution is 2.37. The summed E-state index contributed by atoms with van der Waals surface area (Å²) < 4.78 is 58.8. The Bertz CT molecular complexity index is 1100. The lowest BCUT2D eigenvalue weighted by Gasteiger charge is -2.14. The highest BCUT2D eigenvalue weighted by atomic mass is 19.4. The van der Waals surface area contributed by atoms with Gasteiger partial charge in [0.05, 0.1) is 30.6 Å². The second-order valence-electron chi connectivity index (χ2n) is 6.51. The van der Waals surface area contributed by atoms with Crippen LogP contribution in [0.15, 0.2) is 48.7 Å². The minimum Gasteiger partial charge on any atom is -0.497 e. The molecule has 3 rings (SSSR count). The van der Waals surface area contributed by atoms with Gasteiger partial charge in [-0.25, -0.2) is 9.37 Å². The smallest absolute Gasteiger partial charge is 0.417 e. The summed E-state index contributed by atoms with van der Waals surface area (Å²) in [7, 11) is 1.49. The van der Waals surface area contributed by atoms with E-state index in [0.29, 0.717) is 23.1 Å². The van der Waals surface area contributed by atoms with Crippen LogP contribution in [0.1, 0.15) is 27.3 Å². The van der Waals surface area contributed by atoms with Crippen molar-refractivity contribution in [1.29, 1.82) is 0 Å². The van der Waals surface area contributed by atoms with Crippen LogP contribution in [0.3, 0.4) is 0 Å². The first-order valence-corrected chi connectivity index (χ1v) is 9.06. The van der Waals surface area contributed by atoms with Crippen LogP contribution < -0.4 is 15.8 Å². The number of aromatic nitrogens is 2. The van der Waals surface area contributed by atoms with E-state index < -0.39 is 23.5 Å².